The van der Waals surface area contributed by atoms with Gasteiger partial charge in [0.1, 0.15) is 43.3 Å². The summed E-state index contributed by atoms with van der Waals surface area (Å²) in [6.07, 6.45) is -1.76. The standard InChI is InChI=1S/C17H15F3N6O3/c18-17(19,20)8-26-16(22-9-23-26)12-7-25-3-4-29-13-5-10(21-6-14(27)28)1-2-11(13)15(25)24-12/h1-2,5,7,9,21H,3-4,6,8H2,(H,27,28). The number of benzene rings is 1. The van der Waals surface area contributed by atoms with Gasteiger partial charge in [-0.1, -0.05) is 0 Å². The van der Waals surface area contributed by atoms with Crippen molar-refractivity contribution in [1.29, 1.82) is 0 Å². The van der Waals surface area contributed by atoms with Crippen LogP contribution in [0.3, 0.4) is 0 Å². The Labute approximate surface area is 161 Å². The van der Waals surface area contributed by atoms with Gasteiger partial charge in [0.2, 0.25) is 0 Å². The van der Waals surface area contributed by atoms with Crippen molar-refractivity contribution in [3.8, 4) is 28.7 Å². The van der Waals surface area contributed by atoms with E-state index in [1.54, 1.807) is 29.0 Å². The minimum atomic E-state index is -4.43. The number of anilines is 1. The van der Waals surface area contributed by atoms with Crippen LogP contribution in [-0.2, 0) is 17.9 Å². The quantitative estimate of drug-likeness (QED) is 0.667. The molecule has 9 nitrogen and oxygen atoms in total. The molecule has 29 heavy (non-hydrogen) atoms. The molecule has 0 spiro atoms. The molecule has 0 saturated carbocycles. The van der Waals surface area contributed by atoms with Crippen LogP contribution >= 0.6 is 0 Å². The second-order valence-electron chi connectivity index (χ2n) is 6.31. The molecule has 1 aliphatic heterocycles. The van der Waals surface area contributed by atoms with Crippen LogP contribution in [0.5, 0.6) is 5.75 Å². The number of imidazole rings is 1. The molecule has 0 unspecified atom stereocenters. The number of hydrogen-bond donors (Lipinski definition) is 2. The van der Waals surface area contributed by atoms with Crippen molar-refractivity contribution in [3.63, 3.8) is 0 Å². The third-order valence-electron chi connectivity index (χ3n) is 4.21. The zero-order valence-electron chi connectivity index (χ0n) is 14.8. The molecule has 3 heterocycles. The summed E-state index contributed by atoms with van der Waals surface area (Å²) in [5.41, 5.74) is 1.47. The van der Waals surface area contributed by atoms with Gasteiger partial charge in [-0.15, -0.1) is 0 Å². The monoisotopic (exact) mass is 408 g/mol. The fraction of sp³-hybridized carbons (Fsp3) is 0.294. The molecule has 4 rings (SSSR count). The summed E-state index contributed by atoms with van der Waals surface area (Å²) in [6, 6.07) is 5.06. The van der Waals surface area contributed by atoms with Crippen LogP contribution in [0.25, 0.3) is 22.9 Å². The fourth-order valence-corrected chi connectivity index (χ4v) is 3.03. The Morgan fingerprint density at radius 2 is 2.14 bits per heavy atom. The van der Waals surface area contributed by atoms with Crippen molar-refractivity contribution in [2.75, 3.05) is 18.5 Å². The molecule has 0 radical (unpaired) electrons. The number of aliphatic carboxylic acids is 1. The van der Waals surface area contributed by atoms with Crippen LogP contribution in [0.4, 0.5) is 18.9 Å². The van der Waals surface area contributed by atoms with Crippen LogP contribution in [0.1, 0.15) is 0 Å². The number of carboxylic acids is 1. The van der Waals surface area contributed by atoms with Crippen LogP contribution in [0, 0.1) is 0 Å². The summed E-state index contributed by atoms with van der Waals surface area (Å²) in [5.74, 6) is 0.0287. The van der Waals surface area contributed by atoms with Crippen LogP contribution in [0.2, 0.25) is 0 Å². The SMILES string of the molecule is O=C(O)CNc1ccc2c(c1)OCCn1cc(-c3ncnn3CC(F)(F)F)nc1-2. The lowest BCUT2D eigenvalue weighted by Gasteiger charge is -2.10. The number of carbonyl (C=O) groups is 1. The van der Waals surface area contributed by atoms with Crippen molar-refractivity contribution in [2.45, 2.75) is 19.3 Å². The van der Waals surface area contributed by atoms with Crippen molar-refractivity contribution < 1.29 is 27.8 Å². The summed E-state index contributed by atoms with van der Waals surface area (Å²) < 4.78 is 46.6. The molecule has 152 valence electrons. The molecular formula is C17H15F3N6O3. The number of rotatable bonds is 5. The minimum absolute atomic E-state index is 0.0186. The van der Waals surface area contributed by atoms with E-state index in [-0.39, 0.29) is 18.1 Å². The van der Waals surface area contributed by atoms with E-state index in [4.69, 9.17) is 9.84 Å². The molecule has 3 aromatic rings. The average Bonchev–Trinajstić information content (AvgIpc) is 3.22. The van der Waals surface area contributed by atoms with E-state index < -0.39 is 18.7 Å². The third kappa shape index (κ3) is 4.00. The van der Waals surface area contributed by atoms with E-state index in [1.807, 2.05) is 0 Å². The summed E-state index contributed by atoms with van der Waals surface area (Å²) in [6.45, 7) is -0.759. The molecule has 2 aromatic heterocycles. The highest BCUT2D eigenvalue weighted by Gasteiger charge is 2.31. The minimum Gasteiger partial charge on any atom is -0.491 e. The predicted octanol–water partition coefficient (Wildman–Crippen LogP) is 2.26. The summed E-state index contributed by atoms with van der Waals surface area (Å²) in [4.78, 5) is 19.1. The van der Waals surface area contributed by atoms with Gasteiger partial charge in [-0.3, -0.25) is 4.79 Å². The number of hydrogen-bond acceptors (Lipinski definition) is 6. The summed E-state index contributed by atoms with van der Waals surface area (Å²) >= 11 is 0. The number of aromatic nitrogens is 5. The van der Waals surface area contributed by atoms with Crippen LogP contribution < -0.4 is 10.1 Å². The number of fused-ring (bicyclic) bond motifs is 3. The third-order valence-corrected chi connectivity index (χ3v) is 4.21. The van der Waals surface area contributed by atoms with Crippen molar-refractivity contribution in [2.24, 2.45) is 0 Å². The van der Waals surface area contributed by atoms with Gasteiger partial charge in [0.15, 0.2) is 5.82 Å². The second-order valence-corrected chi connectivity index (χ2v) is 6.31. The molecule has 1 aromatic carbocycles. The maximum atomic E-state index is 12.8. The van der Waals surface area contributed by atoms with Gasteiger partial charge < -0.3 is 19.7 Å². The molecule has 2 N–H and O–H groups in total. The highest BCUT2D eigenvalue weighted by molar-refractivity contribution is 5.75. The van der Waals surface area contributed by atoms with E-state index in [2.05, 4.69) is 20.4 Å². The maximum Gasteiger partial charge on any atom is 0.408 e. The Balaban J connectivity index is 1.69. The van der Waals surface area contributed by atoms with E-state index in [1.165, 1.54) is 0 Å². The number of ether oxygens (including phenoxy) is 1. The second kappa shape index (κ2) is 7.11. The molecule has 0 saturated heterocycles. The number of nitrogens with one attached hydrogen (secondary N) is 1. The van der Waals surface area contributed by atoms with Gasteiger partial charge in [-0.25, -0.2) is 14.6 Å². The lowest BCUT2D eigenvalue weighted by molar-refractivity contribution is -0.142. The Hall–Kier alpha value is -3.57. The van der Waals surface area contributed by atoms with E-state index >= 15 is 0 Å². The molecule has 0 fully saturated rings. The average molecular weight is 408 g/mol. The molecule has 0 aliphatic carbocycles. The van der Waals surface area contributed by atoms with Gasteiger partial charge in [-0.2, -0.15) is 18.3 Å². The Morgan fingerprint density at radius 1 is 1.31 bits per heavy atom. The van der Waals surface area contributed by atoms with Crippen molar-refractivity contribution in [3.05, 3.63) is 30.7 Å². The maximum absolute atomic E-state index is 12.8. The number of alkyl halides is 3. The van der Waals surface area contributed by atoms with Crippen molar-refractivity contribution in [1.82, 2.24) is 24.3 Å². The lowest BCUT2D eigenvalue weighted by Crippen LogP contribution is -2.19. The van der Waals surface area contributed by atoms with Crippen molar-refractivity contribution >= 4 is 11.7 Å². The molecule has 0 atom stereocenters. The van der Waals surface area contributed by atoms with E-state index in [9.17, 15) is 18.0 Å². The lowest BCUT2D eigenvalue weighted by atomic mass is 10.1. The summed E-state index contributed by atoms with van der Waals surface area (Å²) in [5, 5.41) is 15.2. The van der Waals surface area contributed by atoms with E-state index in [0.717, 1.165) is 11.0 Å². The van der Waals surface area contributed by atoms with Crippen LogP contribution in [-0.4, -0.2) is 54.7 Å². The highest BCUT2D eigenvalue weighted by atomic mass is 19.4. The molecule has 0 amide bonds. The number of halogens is 3. The largest absolute Gasteiger partial charge is 0.491 e. The zero-order chi connectivity index (χ0) is 20.6. The first-order valence-corrected chi connectivity index (χ1v) is 8.55. The van der Waals surface area contributed by atoms with Gasteiger partial charge >= 0.3 is 12.1 Å². The highest BCUT2D eigenvalue weighted by Crippen LogP contribution is 2.35. The Bertz CT molecular complexity index is 1060. The topological polar surface area (TPSA) is 107 Å². The Morgan fingerprint density at radius 3 is 2.90 bits per heavy atom. The zero-order valence-corrected chi connectivity index (χ0v) is 14.8. The normalized spacial score (nSPS) is 13.2. The molecule has 1 aliphatic rings. The molecule has 0 bridgehead atoms. The first-order chi connectivity index (χ1) is 13.8. The van der Waals surface area contributed by atoms with Crippen LogP contribution in [0.15, 0.2) is 30.7 Å². The van der Waals surface area contributed by atoms with Gasteiger partial charge in [0, 0.05) is 18.0 Å². The predicted molar refractivity (Wildman–Crippen MR) is 94.4 cm³/mol. The molecular weight excluding hydrogens is 393 g/mol. The van der Waals surface area contributed by atoms with E-state index in [0.29, 0.717) is 36.0 Å². The smallest absolute Gasteiger partial charge is 0.408 e. The van der Waals surface area contributed by atoms with Gasteiger partial charge in [-0.05, 0) is 12.1 Å². The fourth-order valence-electron chi connectivity index (χ4n) is 3.03. The first-order valence-electron chi connectivity index (χ1n) is 8.55. The Kier molecular flexibility index (Phi) is 4.60. The molecule has 12 heteroatoms. The first kappa shape index (κ1) is 18.8. The number of nitrogens with zero attached hydrogens (tertiary/aromatic N) is 5. The van der Waals surface area contributed by atoms with Gasteiger partial charge in [0.25, 0.3) is 0 Å². The van der Waals surface area contributed by atoms with Gasteiger partial charge in [0.05, 0.1) is 12.1 Å². The summed E-state index contributed by atoms with van der Waals surface area (Å²) in [7, 11) is 0. The number of carboxylic acid groups (broad SMARTS) is 1.